The Balaban J connectivity index is 1.99. The molecule has 2 rings (SSSR count). The third-order valence-electron chi connectivity index (χ3n) is 3.60. The van der Waals surface area contributed by atoms with Gasteiger partial charge in [0.05, 0.1) is 4.90 Å². The van der Waals surface area contributed by atoms with Gasteiger partial charge in [0.2, 0.25) is 5.96 Å². The summed E-state index contributed by atoms with van der Waals surface area (Å²) >= 11 is 0. The molecule has 1 fully saturated rings. The van der Waals surface area contributed by atoms with Crippen LogP contribution in [0, 0.1) is 12.8 Å². The van der Waals surface area contributed by atoms with Crippen LogP contribution in [0.25, 0.3) is 0 Å². The van der Waals surface area contributed by atoms with Gasteiger partial charge in [-0.1, -0.05) is 17.7 Å². The van der Waals surface area contributed by atoms with Crippen molar-refractivity contribution in [1.82, 2.24) is 4.72 Å². The van der Waals surface area contributed by atoms with Crippen molar-refractivity contribution in [3.05, 3.63) is 29.8 Å². The topological polar surface area (TPSA) is 148 Å². The Morgan fingerprint density at radius 3 is 2.55 bits per heavy atom. The molecule has 0 amide bonds. The maximum absolute atomic E-state index is 12.1. The summed E-state index contributed by atoms with van der Waals surface area (Å²) in [5, 5.41) is 8.89. The second-order valence-corrected chi connectivity index (χ2v) is 7.07. The van der Waals surface area contributed by atoms with Gasteiger partial charge >= 0.3 is 5.97 Å². The minimum Gasteiger partial charge on any atom is -0.480 e. The predicted molar refractivity (Wildman–Crippen MR) is 80.7 cm³/mol. The first-order valence-corrected chi connectivity index (χ1v) is 8.05. The number of nitrogens with zero attached hydrogens (tertiary/aromatic N) is 1. The number of aliphatic carboxylic acids is 1. The van der Waals surface area contributed by atoms with Crippen LogP contribution in [0.4, 0.5) is 0 Å². The number of hydrogen-bond donors (Lipinski definition) is 4. The third-order valence-corrected chi connectivity index (χ3v) is 4.97. The van der Waals surface area contributed by atoms with Crippen molar-refractivity contribution in [3.63, 3.8) is 0 Å². The molecule has 6 N–H and O–H groups in total. The minimum absolute atomic E-state index is 0.0606. The van der Waals surface area contributed by atoms with Crippen molar-refractivity contribution in [2.75, 3.05) is 6.54 Å². The van der Waals surface area contributed by atoms with Crippen molar-refractivity contribution < 1.29 is 18.3 Å². The number of carboxylic acids is 1. The number of guanidine groups is 1. The molecule has 0 heterocycles. The van der Waals surface area contributed by atoms with Gasteiger partial charge in [0.15, 0.2) is 0 Å². The molecule has 120 valence electrons. The maximum atomic E-state index is 12.1. The zero-order chi connectivity index (χ0) is 16.5. The average molecular weight is 326 g/mol. The standard InChI is InChI=1S/C13H18N4O4S/c1-8-2-4-10(5-3-8)22(20,21)17-12(14)16-7-9-6-13(9,15)11(18)19/h2-5,9H,6-7,15H2,1H3,(H,18,19)(H3,14,16,17)/t9-,13-/m0/s1. The fourth-order valence-electron chi connectivity index (χ4n) is 1.99. The second-order valence-electron chi connectivity index (χ2n) is 5.39. The van der Waals surface area contributed by atoms with E-state index in [2.05, 4.69) is 9.71 Å². The Kier molecular flexibility index (Phi) is 4.12. The van der Waals surface area contributed by atoms with Gasteiger partial charge in [-0.15, -0.1) is 0 Å². The highest BCUT2D eigenvalue weighted by Gasteiger charge is 2.57. The fraction of sp³-hybridized carbons (Fsp3) is 0.385. The number of aliphatic imine (C=N–C) groups is 1. The molecule has 0 spiro atoms. The van der Waals surface area contributed by atoms with Crippen LogP contribution in [0.3, 0.4) is 0 Å². The van der Waals surface area contributed by atoms with Crippen molar-refractivity contribution in [3.8, 4) is 0 Å². The zero-order valence-electron chi connectivity index (χ0n) is 12.0. The summed E-state index contributed by atoms with van der Waals surface area (Å²) in [4.78, 5) is 14.8. The van der Waals surface area contributed by atoms with E-state index in [-0.39, 0.29) is 23.3 Å². The van der Waals surface area contributed by atoms with Gasteiger partial charge in [0.1, 0.15) is 5.54 Å². The van der Waals surface area contributed by atoms with E-state index >= 15 is 0 Å². The Morgan fingerprint density at radius 1 is 1.45 bits per heavy atom. The molecule has 1 aliphatic carbocycles. The summed E-state index contributed by atoms with van der Waals surface area (Å²) in [7, 11) is -3.80. The van der Waals surface area contributed by atoms with E-state index in [0.29, 0.717) is 6.42 Å². The Hall–Kier alpha value is -2.13. The second kappa shape index (κ2) is 5.58. The molecular weight excluding hydrogens is 308 g/mol. The van der Waals surface area contributed by atoms with Crippen LogP contribution in [0.5, 0.6) is 0 Å². The van der Waals surface area contributed by atoms with Gasteiger partial charge in [-0.05, 0) is 25.5 Å². The van der Waals surface area contributed by atoms with Gasteiger partial charge in [0, 0.05) is 12.5 Å². The number of nitrogens with two attached hydrogens (primary N) is 2. The number of sulfonamides is 1. The minimum atomic E-state index is -3.80. The molecule has 0 aliphatic heterocycles. The Bertz CT molecular complexity index is 714. The summed E-state index contributed by atoms with van der Waals surface area (Å²) in [6.45, 7) is 1.90. The molecule has 0 saturated heterocycles. The monoisotopic (exact) mass is 326 g/mol. The lowest BCUT2D eigenvalue weighted by Gasteiger charge is -2.08. The summed E-state index contributed by atoms with van der Waals surface area (Å²) in [6, 6.07) is 6.26. The molecule has 2 atom stereocenters. The van der Waals surface area contributed by atoms with Crippen molar-refractivity contribution in [1.29, 1.82) is 0 Å². The lowest BCUT2D eigenvalue weighted by atomic mass is 10.2. The van der Waals surface area contributed by atoms with Gasteiger partial charge in [-0.3, -0.25) is 9.79 Å². The van der Waals surface area contributed by atoms with Crippen LogP contribution in [0.1, 0.15) is 12.0 Å². The molecule has 22 heavy (non-hydrogen) atoms. The van der Waals surface area contributed by atoms with E-state index < -0.39 is 21.5 Å². The largest absolute Gasteiger partial charge is 0.480 e. The molecule has 0 unspecified atom stereocenters. The highest BCUT2D eigenvalue weighted by atomic mass is 32.2. The van der Waals surface area contributed by atoms with Crippen LogP contribution in [0.2, 0.25) is 0 Å². The number of carbonyl (C=O) groups is 1. The average Bonchev–Trinajstić information content (AvgIpc) is 3.09. The maximum Gasteiger partial charge on any atom is 0.324 e. The van der Waals surface area contributed by atoms with Gasteiger partial charge in [-0.2, -0.15) is 0 Å². The van der Waals surface area contributed by atoms with Crippen LogP contribution in [-0.2, 0) is 14.8 Å². The zero-order valence-corrected chi connectivity index (χ0v) is 12.8. The first-order valence-electron chi connectivity index (χ1n) is 6.57. The number of hydrogen-bond acceptors (Lipinski definition) is 5. The third kappa shape index (κ3) is 3.37. The van der Waals surface area contributed by atoms with Crippen LogP contribution in [-0.4, -0.2) is 37.5 Å². The highest BCUT2D eigenvalue weighted by Crippen LogP contribution is 2.41. The molecule has 8 nitrogen and oxygen atoms in total. The van der Waals surface area contributed by atoms with E-state index in [4.69, 9.17) is 16.6 Å². The Labute approximate surface area is 128 Å². The summed E-state index contributed by atoms with van der Waals surface area (Å²) in [6.07, 6.45) is 0.295. The molecule has 0 aromatic heterocycles. The summed E-state index contributed by atoms with van der Waals surface area (Å²) in [5.74, 6) is -1.72. The van der Waals surface area contributed by atoms with Crippen molar-refractivity contribution >= 4 is 22.0 Å². The lowest BCUT2D eigenvalue weighted by Crippen LogP contribution is -2.38. The molecule has 1 aliphatic rings. The fourth-order valence-corrected chi connectivity index (χ4v) is 2.95. The van der Waals surface area contributed by atoms with E-state index in [1.807, 2.05) is 6.92 Å². The number of nitrogens with one attached hydrogen (secondary N) is 1. The summed E-state index contributed by atoms with van der Waals surface area (Å²) < 4.78 is 26.3. The first-order chi connectivity index (χ1) is 10.1. The van der Waals surface area contributed by atoms with Gasteiger partial charge in [-0.25, -0.2) is 13.1 Å². The van der Waals surface area contributed by atoms with E-state index in [9.17, 15) is 13.2 Å². The SMILES string of the molecule is Cc1ccc(S(=O)(=O)NC(N)=NC[C@@H]2C[C@@]2(N)C(=O)O)cc1. The number of benzene rings is 1. The Morgan fingerprint density at radius 2 is 2.05 bits per heavy atom. The quantitative estimate of drug-likeness (QED) is 0.419. The number of rotatable bonds is 5. The number of aryl methyl sites for hydroxylation is 1. The molecule has 1 aromatic carbocycles. The van der Waals surface area contributed by atoms with Crippen LogP contribution >= 0.6 is 0 Å². The van der Waals surface area contributed by atoms with E-state index in [1.54, 1.807) is 12.1 Å². The molecule has 0 bridgehead atoms. The van der Waals surface area contributed by atoms with Crippen LogP contribution in [0.15, 0.2) is 34.2 Å². The molecule has 1 aromatic rings. The highest BCUT2D eigenvalue weighted by molar-refractivity contribution is 7.90. The smallest absolute Gasteiger partial charge is 0.324 e. The predicted octanol–water partition coefficient (Wildman–Crippen LogP) is -0.610. The van der Waals surface area contributed by atoms with Gasteiger partial charge < -0.3 is 16.6 Å². The van der Waals surface area contributed by atoms with Crippen LogP contribution < -0.4 is 16.2 Å². The van der Waals surface area contributed by atoms with Gasteiger partial charge in [0.25, 0.3) is 10.0 Å². The first kappa shape index (κ1) is 16.2. The van der Waals surface area contributed by atoms with E-state index in [0.717, 1.165) is 5.56 Å². The normalized spacial score (nSPS) is 24.8. The van der Waals surface area contributed by atoms with E-state index in [1.165, 1.54) is 12.1 Å². The molecular formula is C13H18N4O4S. The lowest BCUT2D eigenvalue weighted by molar-refractivity contribution is -0.140. The van der Waals surface area contributed by atoms with Crippen molar-refractivity contribution in [2.45, 2.75) is 23.8 Å². The van der Waals surface area contributed by atoms with Crippen molar-refractivity contribution in [2.24, 2.45) is 22.4 Å². The summed E-state index contributed by atoms with van der Waals surface area (Å²) in [5.41, 5.74) is 10.8. The molecule has 1 saturated carbocycles. The molecule has 9 heteroatoms. The number of carboxylic acid groups (broad SMARTS) is 1. The molecule has 0 radical (unpaired) electrons.